The summed E-state index contributed by atoms with van der Waals surface area (Å²) in [6.07, 6.45) is 5.14. The monoisotopic (exact) mass is 308 g/mol. The van der Waals surface area contributed by atoms with Crippen molar-refractivity contribution < 1.29 is 9.18 Å². The second kappa shape index (κ2) is 6.88. The molecule has 2 rings (SSSR count). The number of benzene rings is 1. The first-order valence-electron chi connectivity index (χ1n) is 5.40. The van der Waals surface area contributed by atoms with Gasteiger partial charge in [0, 0.05) is 5.69 Å². The van der Waals surface area contributed by atoms with E-state index in [0.29, 0.717) is 20.9 Å². The molecule has 0 bridgehead atoms. The quantitative estimate of drug-likeness (QED) is 0.517. The zero-order valence-corrected chi connectivity index (χ0v) is 11.7. The number of carbonyl (C=O) groups excluding carboxylic acids is 1. The van der Waals surface area contributed by atoms with Crippen LogP contribution in [-0.4, -0.2) is 22.0 Å². The van der Waals surface area contributed by atoms with Crippen molar-refractivity contribution >= 4 is 39.9 Å². The Morgan fingerprint density at radius 1 is 1.35 bits per heavy atom. The number of terminal acetylenes is 1. The molecule has 102 valence electrons. The fourth-order valence-corrected chi connectivity index (χ4v) is 2.64. The number of aromatic nitrogens is 2. The van der Waals surface area contributed by atoms with Gasteiger partial charge in [-0.1, -0.05) is 29.0 Å². The number of nitrogens with zero attached hydrogens (tertiary/aromatic N) is 2. The second-order valence-corrected chi connectivity index (χ2v) is 5.65. The Bertz CT molecular complexity index is 636. The molecule has 2 N–H and O–H groups in total. The van der Waals surface area contributed by atoms with Crippen molar-refractivity contribution in [3.05, 3.63) is 30.1 Å². The highest BCUT2D eigenvalue weighted by Gasteiger charge is 2.08. The van der Waals surface area contributed by atoms with Gasteiger partial charge in [0.25, 0.3) is 0 Å². The van der Waals surface area contributed by atoms with Crippen molar-refractivity contribution in [1.29, 1.82) is 0 Å². The molecular weight excluding hydrogens is 299 g/mol. The predicted octanol–water partition coefficient (Wildman–Crippen LogP) is 3.05. The average Bonchev–Trinajstić information content (AvgIpc) is 2.86. The van der Waals surface area contributed by atoms with Gasteiger partial charge in [0.1, 0.15) is 5.82 Å². The molecule has 0 aliphatic carbocycles. The zero-order valence-electron chi connectivity index (χ0n) is 10.1. The second-order valence-electron chi connectivity index (χ2n) is 3.45. The van der Waals surface area contributed by atoms with Gasteiger partial charge in [-0.15, -0.1) is 16.6 Å². The Morgan fingerprint density at radius 2 is 2.10 bits per heavy atom. The minimum absolute atomic E-state index is 0.365. The van der Waals surface area contributed by atoms with Gasteiger partial charge < -0.3 is 5.32 Å². The molecule has 0 saturated heterocycles. The molecule has 0 aliphatic heterocycles. The van der Waals surface area contributed by atoms with Gasteiger partial charge in [-0.25, -0.2) is 9.18 Å². The third-order valence-electron chi connectivity index (χ3n) is 2.01. The van der Waals surface area contributed by atoms with E-state index in [-0.39, 0.29) is 5.82 Å². The first-order chi connectivity index (χ1) is 9.67. The Balaban J connectivity index is 1.89. The number of amides is 2. The minimum Gasteiger partial charge on any atom is -0.308 e. The van der Waals surface area contributed by atoms with E-state index in [4.69, 9.17) is 6.42 Å². The number of nitrogens with one attached hydrogen (secondary N) is 2. The molecule has 8 heteroatoms. The SMILES string of the molecule is C#CCSc1nnc(NC(=O)Nc2ccc(F)cc2)s1. The fourth-order valence-electron chi connectivity index (χ4n) is 1.21. The highest BCUT2D eigenvalue weighted by Crippen LogP contribution is 2.25. The summed E-state index contributed by atoms with van der Waals surface area (Å²) in [6, 6.07) is 4.97. The summed E-state index contributed by atoms with van der Waals surface area (Å²) in [4.78, 5) is 11.7. The lowest BCUT2D eigenvalue weighted by Gasteiger charge is -2.04. The van der Waals surface area contributed by atoms with Crippen molar-refractivity contribution in [2.24, 2.45) is 0 Å². The fraction of sp³-hybridized carbons (Fsp3) is 0.0833. The maximum absolute atomic E-state index is 12.7. The van der Waals surface area contributed by atoms with Crippen molar-refractivity contribution in [3.63, 3.8) is 0 Å². The normalized spacial score (nSPS) is 9.80. The van der Waals surface area contributed by atoms with Crippen LogP contribution in [-0.2, 0) is 0 Å². The molecule has 0 fully saturated rings. The first kappa shape index (κ1) is 14.3. The molecular formula is C12H9FN4OS2. The van der Waals surface area contributed by atoms with Crippen LogP contribution < -0.4 is 10.6 Å². The lowest BCUT2D eigenvalue weighted by atomic mass is 10.3. The van der Waals surface area contributed by atoms with Crippen molar-refractivity contribution in [2.45, 2.75) is 4.34 Å². The highest BCUT2D eigenvalue weighted by molar-refractivity contribution is 8.01. The first-order valence-corrected chi connectivity index (χ1v) is 7.21. The summed E-state index contributed by atoms with van der Waals surface area (Å²) < 4.78 is 13.4. The lowest BCUT2D eigenvalue weighted by molar-refractivity contribution is 0.262. The average molecular weight is 308 g/mol. The molecule has 0 spiro atoms. The van der Waals surface area contributed by atoms with Gasteiger partial charge in [0.15, 0.2) is 4.34 Å². The number of halogens is 1. The van der Waals surface area contributed by atoms with E-state index in [1.165, 1.54) is 47.4 Å². The van der Waals surface area contributed by atoms with Gasteiger partial charge in [0.2, 0.25) is 5.13 Å². The Hall–Kier alpha value is -2.11. The van der Waals surface area contributed by atoms with Crippen molar-refractivity contribution in [1.82, 2.24) is 10.2 Å². The predicted molar refractivity (Wildman–Crippen MR) is 78.5 cm³/mol. The van der Waals surface area contributed by atoms with Gasteiger partial charge in [-0.2, -0.15) is 0 Å². The number of urea groups is 1. The molecule has 5 nitrogen and oxygen atoms in total. The van der Waals surface area contributed by atoms with Crippen LogP contribution in [0.1, 0.15) is 0 Å². The van der Waals surface area contributed by atoms with Crippen LogP contribution in [0.5, 0.6) is 0 Å². The molecule has 20 heavy (non-hydrogen) atoms. The molecule has 0 radical (unpaired) electrons. The summed E-state index contributed by atoms with van der Waals surface area (Å²) in [7, 11) is 0. The topological polar surface area (TPSA) is 66.9 Å². The molecule has 1 aromatic heterocycles. The van der Waals surface area contributed by atoms with E-state index in [2.05, 4.69) is 26.8 Å². The van der Waals surface area contributed by atoms with E-state index in [0.717, 1.165) is 0 Å². The maximum Gasteiger partial charge on any atom is 0.325 e. The summed E-state index contributed by atoms with van der Waals surface area (Å²) >= 11 is 2.60. The Labute approximate surface area is 123 Å². The van der Waals surface area contributed by atoms with E-state index in [1.54, 1.807) is 0 Å². The van der Waals surface area contributed by atoms with E-state index >= 15 is 0 Å². The smallest absolute Gasteiger partial charge is 0.308 e. The van der Waals surface area contributed by atoms with Crippen LogP contribution in [0.15, 0.2) is 28.6 Å². The highest BCUT2D eigenvalue weighted by atomic mass is 32.2. The number of thioether (sulfide) groups is 1. The summed E-state index contributed by atoms with van der Waals surface area (Å²) in [6.45, 7) is 0. The molecule has 2 aromatic rings. The summed E-state index contributed by atoms with van der Waals surface area (Å²) in [5, 5.41) is 13.1. The molecule has 1 heterocycles. The Kier molecular flexibility index (Phi) is 4.92. The number of anilines is 2. The molecule has 1 aromatic carbocycles. The number of carbonyl (C=O) groups is 1. The van der Waals surface area contributed by atoms with Crippen molar-refractivity contribution in [3.8, 4) is 12.3 Å². The van der Waals surface area contributed by atoms with Crippen LogP contribution in [0.2, 0.25) is 0 Å². The van der Waals surface area contributed by atoms with Crippen LogP contribution in [0.3, 0.4) is 0 Å². The molecule has 0 atom stereocenters. The third-order valence-corrected chi connectivity index (χ3v) is 3.88. The summed E-state index contributed by atoms with van der Waals surface area (Å²) in [5.74, 6) is 2.61. The Morgan fingerprint density at radius 3 is 2.80 bits per heavy atom. The standard InChI is InChI=1S/C12H9FN4OS2/c1-2-7-19-12-17-16-11(20-12)15-10(18)14-9-5-3-8(13)4-6-9/h1,3-6H,7H2,(H2,14,15,16,18). The third kappa shape index (κ3) is 4.22. The number of hydrogen-bond acceptors (Lipinski definition) is 5. The van der Waals surface area contributed by atoms with E-state index in [9.17, 15) is 9.18 Å². The van der Waals surface area contributed by atoms with Crippen molar-refractivity contribution in [2.75, 3.05) is 16.4 Å². The van der Waals surface area contributed by atoms with Crippen LogP contribution in [0.25, 0.3) is 0 Å². The lowest BCUT2D eigenvalue weighted by Crippen LogP contribution is -2.19. The van der Waals surface area contributed by atoms with E-state index in [1.807, 2.05) is 0 Å². The van der Waals surface area contributed by atoms with Crippen LogP contribution in [0.4, 0.5) is 20.0 Å². The van der Waals surface area contributed by atoms with Crippen LogP contribution >= 0.6 is 23.1 Å². The number of hydrogen-bond donors (Lipinski definition) is 2. The van der Waals surface area contributed by atoms with Gasteiger partial charge >= 0.3 is 6.03 Å². The molecule has 0 saturated carbocycles. The summed E-state index contributed by atoms with van der Waals surface area (Å²) in [5.41, 5.74) is 0.482. The minimum atomic E-state index is -0.471. The van der Waals surface area contributed by atoms with Gasteiger partial charge in [0.05, 0.1) is 5.75 Å². The van der Waals surface area contributed by atoms with Gasteiger partial charge in [-0.3, -0.25) is 5.32 Å². The molecule has 0 aliphatic rings. The number of rotatable bonds is 4. The molecule has 2 amide bonds. The van der Waals surface area contributed by atoms with E-state index < -0.39 is 6.03 Å². The van der Waals surface area contributed by atoms with Crippen LogP contribution in [0, 0.1) is 18.2 Å². The zero-order chi connectivity index (χ0) is 14.4. The molecule has 0 unspecified atom stereocenters. The van der Waals surface area contributed by atoms with Gasteiger partial charge in [-0.05, 0) is 24.3 Å². The largest absolute Gasteiger partial charge is 0.325 e. The maximum atomic E-state index is 12.7.